The first-order valence-electron chi connectivity index (χ1n) is 7.62. The summed E-state index contributed by atoms with van der Waals surface area (Å²) in [7, 11) is 0. The largest absolute Gasteiger partial charge is 0.388 e. The first-order chi connectivity index (χ1) is 11.3. The Morgan fingerprint density at radius 2 is 1.70 bits per heavy atom. The molecule has 0 amide bonds. The van der Waals surface area contributed by atoms with E-state index in [-0.39, 0.29) is 0 Å². The lowest BCUT2D eigenvalue weighted by molar-refractivity contribution is 0.175. The van der Waals surface area contributed by atoms with Crippen LogP contribution in [0, 0.1) is 0 Å². The van der Waals surface area contributed by atoms with E-state index in [2.05, 4.69) is 27.3 Å². The van der Waals surface area contributed by atoms with Gasteiger partial charge in [-0.1, -0.05) is 72.4 Å². The number of hydrogen-bond donors (Lipinski definition) is 2. The SMILES string of the molecule is O[C@@H](CCSc1n[nH]c(Cc2ccccc2)n1)c1ccccc1. The van der Waals surface area contributed by atoms with Crippen LogP contribution < -0.4 is 0 Å². The van der Waals surface area contributed by atoms with E-state index in [4.69, 9.17) is 0 Å². The molecule has 23 heavy (non-hydrogen) atoms. The number of aliphatic hydroxyl groups is 1. The molecule has 0 spiro atoms. The van der Waals surface area contributed by atoms with Gasteiger partial charge in [-0.3, -0.25) is 5.10 Å². The van der Waals surface area contributed by atoms with Crippen molar-refractivity contribution < 1.29 is 5.11 Å². The minimum Gasteiger partial charge on any atom is -0.388 e. The topological polar surface area (TPSA) is 61.8 Å². The molecule has 1 aromatic heterocycles. The van der Waals surface area contributed by atoms with Crippen LogP contribution in [0.15, 0.2) is 65.8 Å². The fourth-order valence-corrected chi connectivity index (χ4v) is 3.12. The van der Waals surface area contributed by atoms with Crippen molar-refractivity contribution in [2.24, 2.45) is 0 Å². The van der Waals surface area contributed by atoms with Gasteiger partial charge < -0.3 is 5.11 Å². The zero-order valence-electron chi connectivity index (χ0n) is 12.7. The van der Waals surface area contributed by atoms with Gasteiger partial charge in [0, 0.05) is 12.2 Å². The summed E-state index contributed by atoms with van der Waals surface area (Å²) in [6, 6.07) is 19.9. The highest BCUT2D eigenvalue weighted by Crippen LogP contribution is 2.21. The molecule has 1 atom stereocenters. The Balaban J connectivity index is 1.48. The van der Waals surface area contributed by atoms with E-state index < -0.39 is 6.10 Å². The van der Waals surface area contributed by atoms with Crippen LogP contribution in [0.25, 0.3) is 0 Å². The zero-order chi connectivity index (χ0) is 15.9. The lowest BCUT2D eigenvalue weighted by atomic mass is 10.1. The van der Waals surface area contributed by atoms with Crippen LogP contribution in [0.2, 0.25) is 0 Å². The average Bonchev–Trinajstić information content (AvgIpc) is 3.04. The minimum absolute atomic E-state index is 0.438. The molecule has 0 bridgehead atoms. The van der Waals surface area contributed by atoms with E-state index >= 15 is 0 Å². The fourth-order valence-electron chi connectivity index (χ4n) is 2.31. The number of benzene rings is 2. The molecule has 1 heterocycles. The maximum Gasteiger partial charge on any atom is 0.208 e. The Bertz CT molecular complexity index is 715. The van der Waals surface area contributed by atoms with Crippen LogP contribution in [-0.4, -0.2) is 26.0 Å². The maximum absolute atomic E-state index is 10.1. The van der Waals surface area contributed by atoms with Gasteiger partial charge in [0.25, 0.3) is 0 Å². The minimum atomic E-state index is -0.438. The molecule has 0 radical (unpaired) electrons. The molecule has 0 aliphatic heterocycles. The van der Waals surface area contributed by atoms with Crippen LogP contribution in [0.1, 0.15) is 29.5 Å². The van der Waals surface area contributed by atoms with Crippen LogP contribution in [-0.2, 0) is 6.42 Å². The Hall–Kier alpha value is -2.11. The molecular weight excluding hydrogens is 306 g/mol. The molecule has 3 aromatic rings. The number of aliphatic hydroxyl groups excluding tert-OH is 1. The predicted molar refractivity (Wildman–Crippen MR) is 92.4 cm³/mol. The highest BCUT2D eigenvalue weighted by atomic mass is 32.2. The molecule has 2 N–H and O–H groups in total. The number of nitrogens with zero attached hydrogens (tertiary/aromatic N) is 2. The second kappa shape index (κ2) is 7.94. The molecular formula is C18H19N3OS. The molecule has 0 aliphatic rings. The number of H-pyrrole nitrogens is 1. The van der Waals surface area contributed by atoms with E-state index in [0.29, 0.717) is 6.42 Å². The van der Waals surface area contributed by atoms with Crippen molar-refractivity contribution in [1.82, 2.24) is 15.2 Å². The second-order valence-corrected chi connectivity index (χ2v) is 6.35. The van der Waals surface area contributed by atoms with Crippen molar-refractivity contribution in [2.45, 2.75) is 24.1 Å². The zero-order valence-corrected chi connectivity index (χ0v) is 13.5. The summed E-state index contributed by atoms with van der Waals surface area (Å²) in [5.41, 5.74) is 2.16. The van der Waals surface area contributed by atoms with Crippen molar-refractivity contribution >= 4 is 11.8 Å². The Kier molecular flexibility index (Phi) is 5.45. The number of hydrogen-bond acceptors (Lipinski definition) is 4. The fraction of sp³-hybridized carbons (Fsp3) is 0.222. The third-order valence-electron chi connectivity index (χ3n) is 3.53. The number of thioether (sulfide) groups is 1. The Labute approximate surface area is 140 Å². The third kappa shape index (κ3) is 4.68. The summed E-state index contributed by atoms with van der Waals surface area (Å²) in [5.74, 6) is 1.64. The summed E-state index contributed by atoms with van der Waals surface area (Å²) in [6.07, 6.45) is 0.990. The standard InChI is InChI=1S/C18H19N3OS/c22-16(15-9-5-2-6-10-15)11-12-23-18-19-17(20-21-18)13-14-7-3-1-4-8-14/h1-10,16,22H,11-13H2,(H,19,20,21)/t16-/m0/s1. The molecule has 0 saturated heterocycles. The molecule has 118 valence electrons. The van der Waals surface area contributed by atoms with Gasteiger partial charge in [-0.15, -0.1) is 5.10 Å². The van der Waals surface area contributed by atoms with E-state index in [9.17, 15) is 5.11 Å². The maximum atomic E-state index is 10.1. The molecule has 0 aliphatic carbocycles. The summed E-state index contributed by atoms with van der Waals surface area (Å²) >= 11 is 1.56. The van der Waals surface area contributed by atoms with Gasteiger partial charge in [-0.2, -0.15) is 0 Å². The number of nitrogens with one attached hydrogen (secondary N) is 1. The average molecular weight is 325 g/mol. The predicted octanol–water partition coefficient (Wildman–Crippen LogP) is 3.61. The quantitative estimate of drug-likeness (QED) is 0.651. The van der Waals surface area contributed by atoms with Crippen LogP contribution in [0.3, 0.4) is 0 Å². The van der Waals surface area contributed by atoms with Gasteiger partial charge in [-0.05, 0) is 17.5 Å². The van der Waals surface area contributed by atoms with Gasteiger partial charge >= 0.3 is 0 Å². The van der Waals surface area contributed by atoms with E-state index in [1.807, 2.05) is 48.5 Å². The highest BCUT2D eigenvalue weighted by molar-refractivity contribution is 7.99. The molecule has 0 unspecified atom stereocenters. The third-order valence-corrected chi connectivity index (χ3v) is 4.41. The van der Waals surface area contributed by atoms with Gasteiger partial charge in [0.1, 0.15) is 5.82 Å². The van der Waals surface area contributed by atoms with Gasteiger partial charge in [0.2, 0.25) is 5.16 Å². The normalized spacial score (nSPS) is 12.2. The Morgan fingerprint density at radius 3 is 2.43 bits per heavy atom. The van der Waals surface area contributed by atoms with E-state index in [0.717, 1.165) is 28.7 Å². The molecule has 3 rings (SSSR count). The van der Waals surface area contributed by atoms with E-state index in [1.54, 1.807) is 11.8 Å². The highest BCUT2D eigenvalue weighted by Gasteiger charge is 2.09. The smallest absolute Gasteiger partial charge is 0.208 e. The first kappa shape index (κ1) is 15.8. The lowest BCUT2D eigenvalue weighted by Gasteiger charge is -2.09. The summed E-state index contributed by atoms with van der Waals surface area (Å²) in [4.78, 5) is 4.49. The molecule has 2 aromatic carbocycles. The van der Waals surface area contributed by atoms with Crippen molar-refractivity contribution in [3.05, 3.63) is 77.6 Å². The van der Waals surface area contributed by atoms with Crippen LogP contribution >= 0.6 is 11.8 Å². The second-order valence-electron chi connectivity index (χ2n) is 5.29. The lowest BCUT2D eigenvalue weighted by Crippen LogP contribution is -1.98. The summed E-state index contributed by atoms with van der Waals surface area (Å²) < 4.78 is 0. The summed E-state index contributed by atoms with van der Waals surface area (Å²) in [6.45, 7) is 0. The van der Waals surface area contributed by atoms with Crippen LogP contribution in [0.5, 0.6) is 0 Å². The number of aromatic amines is 1. The van der Waals surface area contributed by atoms with Crippen molar-refractivity contribution in [1.29, 1.82) is 0 Å². The van der Waals surface area contributed by atoms with Gasteiger partial charge in [0.15, 0.2) is 0 Å². The van der Waals surface area contributed by atoms with Gasteiger partial charge in [-0.25, -0.2) is 4.98 Å². The summed E-state index contributed by atoms with van der Waals surface area (Å²) in [5, 5.41) is 18.1. The number of rotatable bonds is 7. The van der Waals surface area contributed by atoms with Crippen molar-refractivity contribution in [3.8, 4) is 0 Å². The Morgan fingerprint density at radius 1 is 1.00 bits per heavy atom. The molecule has 0 fully saturated rings. The van der Waals surface area contributed by atoms with Crippen LogP contribution in [0.4, 0.5) is 0 Å². The van der Waals surface area contributed by atoms with Gasteiger partial charge in [0.05, 0.1) is 6.10 Å². The molecule has 5 heteroatoms. The molecule has 0 saturated carbocycles. The monoisotopic (exact) mass is 325 g/mol. The first-order valence-corrected chi connectivity index (χ1v) is 8.61. The van der Waals surface area contributed by atoms with E-state index in [1.165, 1.54) is 5.56 Å². The number of aromatic nitrogens is 3. The van der Waals surface area contributed by atoms with Crippen molar-refractivity contribution in [2.75, 3.05) is 5.75 Å². The molecule has 4 nitrogen and oxygen atoms in total. The van der Waals surface area contributed by atoms with Crippen molar-refractivity contribution in [3.63, 3.8) is 0 Å².